The lowest BCUT2D eigenvalue weighted by molar-refractivity contribution is -0.125. The molecule has 1 amide bonds. The molecule has 6 nitrogen and oxygen atoms in total. The second kappa shape index (κ2) is 9.02. The minimum Gasteiger partial charge on any atom is -0.355 e. The van der Waals surface area contributed by atoms with Crippen molar-refractivity contribution in [2.75, 3.05) is 18.0 Å². The van der Waals surface area contributed by atoms with Crippen molar-refractivity contribution in [3.63, 3.8) is 0 Å². The molecule has 0 atom stereocenters. The first kappa shape index (κ1) is 21.1. The average Bonchev–Trinajstić information content (AvgIpc) is 3.28. The summed E-state index contributed by atoms with van der Waals surface area (Å²) >= 11 is 0. The fraction of sp³-hybridized carbons (Fsp3) is 0.269. The molecule has 0 aliphatic carbocycles. The number of halogens is 1. The number of carbonyl (C=O) groups is 1. The third kappa shape index (κ3) is 4.58. The largest absolute Gasteiger partial charge is 0.355 e. The van der Waals surface area contributed by atoms with Gasteiger partial charge >= 0.3 is 0 Å². The second-order valence-electron chi connectivity index (χ2n) is 8.58. The van der Waals surface area contributed by atoms with Gasteiger partial charge in [-0.05, 0) is 55.7 Å². The summed E-state index contributed by atoms with van der Waals surface area (Å²) in [7, 11) is 0. The number of fused-ring (bicyclic) bond motifs is 1. The summed E-state index contributed by atoms with van der Waals surface area (Å²) in [4.78, 5) is 19.5. The van der Waals surface area contributed by atoms with Crippen LogP contribution in [0.25, 0.3) is 16.8 Å². The molecule has 1 aliphatic heterocycles. The molecule has 5 rings (SSSR count). The summed E-state index contributed by atoms with van der Waals surface area (Å²) in [6, 6.07) is 16.5. The second-order valence-corrected chi connectivity index (χ2v) is 8.58. The SMILES string of the molecule is Cc1ccc(CNC(=O)C2CCN(c3nccn4nc(-c5ccc(F)cc5)cc34)CC2)cc1. The molecule has 33 heavy (non-hydrogen) atoms. The quantitative estimate of drug-likeness (QED) is 0.497. The van der Waals surface area contributed by atoms with Crippen LogP contribution in [0.3, 0.4) is 0 Å². The van der Waals surface area contributed by atoms with Gasteiger partial charge in [0.15, 0.2) is 5.82 Å². The maximum Gasteiger partial charge on any atom is 0.223 e. The van der Waals surface area contributed by atoms with E-state index in [2.05, 4.69) is 51.5 Å². The number of piperidine rings is 1. The van der Waals surface area contributed by atoms with Crippen LogP contribution in [0.1, 0.15) is 24.0 Å². The van der Waals surface area contributed by atoms with E-state index in [1.807, 2.05) is 12.3 Å². The maximum absolute atomic E-state index is 13.3. The molecule has 1 saturated heterocycles. The zero-order valence-electron chi connectivity index (χ0n) is 18.5. The predicted octanol–water partition coefficient (Wildman–Crippen LogP) is 4.38. The molecule has 0 unspecified atom stereocenters. The highest BCUT2D eigenvalue weighted by Crippen LogP contribution is 2.28. The number of anilines is 1. The third-order valence-corrected chi connectivity index (χ3v) is 6.26. The number of benzene rings is 2. The van der Waals surface area contributed by atoms with Crippen LogP contribution in [-0.4, -0.2) is 33.6 Å². The molecule has 1 N–H and O–H groups in total. The summed E-state index contributed by atoms with van der Waals surface area (Å²) < 4.78 is 15.1. The Morgan fingerprint density at radius 2 is 1.82 bits per heavy atom. The molecule has 1 aliphatic rings. The van der Waals surface area contributed by atoms with Gasteiger partial charge in [-0.3, -0.25) is 4.79 Å². The summed E-state index contributed by atoms with van der Waals surface area (Å²) in [5.74, 6) is 0.711. The number of nitrogens with zero attached hydrogens (tertiary/aromatic N) is 4. The van der Waals surface area contributed by atoms with Crippen LogP contribution >= 0.6 is 0 Å². The smallest absolute Gasteiger partial charge is 0.223 e. The Hall–Kier alpha value is -3.74. The van der Waals surface area contributed by atoms with Crippen LogP contribution < -0.4 is 10.2 Å². The molecule has 0 bridgehead atoms. The zero-order chi connectivity index (χ0) is 22.8. The minimum absolute atomic E-state index is 0.00566. The van der Waals surface area contributed by atoms with Crippen LogP contribution in [0.15, 0.2) is 67.0 Å². The average molecular weight is 444 g/mol. The van der Waals surface area contributed by atoms with E-state index in [1.165, 1.54) is 17.7 Å². The van der Waals surface area contributed by atoms with Gasteiger partial charge < -0.3 is 10.2 Å². The lowest BCUT2D eigenvalue weighted by Crippen LogP contribution is -2.40. The topological polar surface area (TPSA) is 62.5 Å². The monoisotopic (exact) mass is 443 g/mol. The van der Waals surface area contributed by atoms with E-state index in [-0.39, 0.29) is 17.6 Å². The molecular formula is C26H26FN5O. The van der Waals surface area contributed by atoms with Crippen LogP contribution in [0, 0.1) is 18.7 Å². The number of hydrogen-bond acceptors (Lipinski definition) is 4. The lowest BCUT2D eigenvalue weighted by Gasteiger charge is -2.32. The number of nitrogens with one attached hydrogen (secondary N) is 1. The van der Waals surface area contributed by atoms with Gasteiger partial charge in [-0.2, -0.15) is 5.10 Å². The molecule has 0 radical (unpaired) electrons. The van der Waals surface area contributed by atoms with Crippen molar-refractivity contribution in [3.05, 3.63) is 83.9 Å². The highest BCUT2D eigenvalue weighted by molar-refractivity contribution is 5.79. The van der Waals surface area contributed by atoms with Gasteiger partial charge in [-0.1, -0.05) is 29.8 Å². The van der Waals surface area contributed by atoms with E-state index in [4.69, 9.17) is 0 Å². The van der Waals surface area contributed by atoms with Crippen LogP contribution in [0.5, 0.6) is 0 Å². The predicted molar refractivity (Wildman–Crippen MR) is 126 cm³/mol. The van der Waals surface area contributed by atoms with E-state index in [1.54, 1.807) is 22.8 Å². The highest BCUT2D eigenvalue weighted by Gasteiger charge is 2.26. The van der Waals surface area contributed by atoms with E-state index in [0.29, 0.717) is 6.54 Å². The van der Waals surface area contributed by atoms with Crippen molar-refractivity contribution in [2.24, 2.45) is 5.92 Å². The molecule has 2 aromatic carbocycles. The molecule has 0 saturated carbocycles. The minimum atomic E-state index is -0.268. The molecule has 168 valence electrons. The Morgan fingerprint density at radius 1 is 1.09 bits per heavy atom. The van der Waals surface area contributed by atoms with Gasteiger partial charge in [-0.25, -0.2) is 13.9 Å². The summed E-state index contributed by atoms with van der Waals surface area (Å²) in [6.45, 7) is 4.12. The fourth-order valence-electron chi connectivity index (χ4n) is 4.31. The molecule has 1 fully saturated rings. The Kier molecular flexibility index (Phi) is 5.77. The highest BCUT2D eigenvalue weighted by atomic mass is 19.1. The van der Waals surface area contributed by atoms with Crippen LogP contribution in [-0.2, 0) is 11.3 Å². The van der Waals surface area contributed by atoms with Gasteiger partial charge in [-0.15, -0.1) is 0 Å². The van der Waals surface area contributed by atoms with Crippen molar-refractivity contribution in [1.82, 2.24) is 19.9 Å². The maximum atomic E-state index is 13.3. The third-order valence-electron chi connectivity index (χ3n) is 6.26. The summed E-state index contributed by atoms with van der Waals surface area (Å²) in [6.07, 6.45) is 5.12. The molecule has 3 heterocycles. The van der Waals surface area contributed by atoms with E-state index >= 15 is 0 Å². The normalized spacial score (nSPS) is 14.5. The molecule has 2 aromatic heterocycles. The molecule has 7 heteroatoms. The first-order chi connectivity index (χ1) is 16.1. The Morgan fingerprint density at radius 3 is 2.55 bits per heavy atom. The fourth-order valence-corrected chi connectivity index (χ4v) is 4.31. The van der Waals surface area contributed by atoms with Gasteiger partial charge in [0.1, 0.15) is 11.3 Å². The van der Waals surface area contributed by atoms with Crippen molar-refractivity contribution in [1.29, 1.82) is 0 Å². The van der Waals surface area contributed by atoms with Crippen molar-refractivity contribution in [2.45, 2.75) is 26.3 Å². The van der Waals surface area contributed by atoms with Crippen molar-refractivity contribution in [3.8, 4) is 11.3 Å². The number of amides is 1. The summed E-state index contributed by atoms with van der Waals surface area (Å²) in [5.41, 5.74) is 4.85. The Balaban J connectivity index is 1.25. The molecular weight excluding hydrogens is 417 g/mol. The first-order valence-corrected chi connectivity index (χ1v) is 11.3. The molecule has 0 spiro atoms. The number of rotatable bonds is 5. The lowest BCUT2D eigenvalue weighted by atomic mass is 9.95. The number of aromatic nitrogens is 3. The molecule has 4 aromatic rings. The standard InChI is InChI=1S/C26H26FN5O/c1-18-2-4-19(5-3-18)17-29-26(33)21-10-13-31(14-11-21)25-24-16-23(30-32(24)15-12-28-25)20-6-8-22(27)9-7-20/h2-9,12,15-16,21H,10-11,13-14,17H2,1H3,(H,29,33). The number of hydrogen-bond donors (Lipinski definition) is 1. The number of aryl methyl sites for hydroxylation is 1. The van der Waals surface area contributed by atoms with E-state index in [9.17, 15) is 9.18 Å². The Labute approximate surface area is 192 Å². The van der Waals surface area contributed by atoms with Crippen molar-refractivity contribution >= 4 is 17.2 Å². The first-order valence-electron chi connectivity index (χ1n) is 11.3. The Bertz CT molecular complexity index is 1260. The van der Waals surface area contributed by atoms with Crippen LogP contribution in [0.4, 0.5) is 10.2 Å². The van der Waals surface area contributed by atoms with Crippen molar-refractivity contribution < 1.29 is 9.18 Å². The number of carbonyl (C=O) groups excluding carboxylic acids is 1. The van der Waals surface area contributed by atoms with E-state index < -0.39 is 0 Å². The van der Waals surface area contributed by atoms with Gasteiger partial charge in [0.05, 0.1) is 5.69 Å². The van der Waals surface area contributed by atoms with E-state index in [0.717, 1.165) is 54.1 Å². The zero-order valence-corrected chi connectivity index (χ0v) is 18.5. The van der Waals surface area contributed by atoms with Crippen LogP contribution in [0.2, 0.25) is 0 Å². The summed E-state index contributed by atoms with van der Waals surface area (Å²) in [5, 5.41) is 7.72. The van der Waals surface area contributed by atoms with Gasteiger partial charge in [0.25, 0.3) is 0 Å². The van der Waals surface area contributed by atoms with Gasteiger partial charge in [0.2, 0.25) is 5.91 Å². The van der Waals surface area contributed by atoms with Gasteiger partial charge in [0, 0.05) is 43.5 Å².